The molecule has 1 aliphatic heterocycles. The smallest absolute Gasteiger partial charge is 0.133 e. The van der Waals surface area contributed by atoms with E-state index in [4.69, 9.17) is 4.74 Å². The van der Waals surface area contributed by atoms with Gasteiger partial charge >= 0.3 is 0 Å². The first-order valence-electron chi connectivity index (χ1n) is 9.22. The maximum absolute atomic E-state index is 6.07. The summed E-state index contributed by atoms with van der Waals surface area (Å²) in [5.41, 5.74) is 3.04. The van der Waals surface area contributed by atoms with Crippen LogP contribution in [0.25, 0.3) is 0 Å². The average Bonchev–Trinajstić information content (AvgIpc) is 3.07. The van der Waals surface area contributed by atoms with Crippen LogP contribution in [0, 0.1) is 0 Å². The predicted molar refractivity (Wildman–Crippen MR) is 108 cm³/mol. The van der Waals surface area contributed by atoms with Gasteiger partial charge in [-0.25, -0.2) is 0 Å². The Morgan fingerprint density at radius 2 is 1.72 bits per heavy atom. The summed E-state index contributed by atoms with van der Waals surface area (Å²) in [6.45, 7) is 1.90. The van der Waals surface area contributed by atoms with Gasteiger partial charge in [-0.2, -0.15) is 0 Å². The topological polar surface area (TPSA) is 21.3 Å². The molecule has 0 saturated heterocycles. The molecule has 4 heteroatoms. The van der Waals surface area contributed by atoms with Gasteiger partial charge < -0.3 is 10.1 Å². The molecule has 0 atom stereocenters. The van der Waals surface area contributed by atoms with Crippen LogP contribution in [0.1, 0.15) is 24.0 Å². The van der Waals surface area contributed by atoms with Gasteiger partial charge in [-0.15, -0.1) is 23.5 Å². The quantitative estimate of drug-likeness (QED) is 0.706. The summed E-state index contributed by atoms with van der Waals surface area (Å²) in [5.74, 6) is 3.47. The highest BCUT2D eigenvalue weighted by atomic mass is 32.2. The first kappa shape index (κ1) is 17.3. The van der Waals surface area contributed by atoms with E-state index in [1.54, 1.807) is 0 Å². The zero-order valence-corrected chi connectivity index (χ0v) is 16.1. The van der Waals surface area contributed by atoms with Crippen LogP contribution in [0.2, 0.25) is 0 Å². The molecule has 0 spiro atoms. The molecule has 0 saturated carbocycles. The van der Waals surface area contributed by atoms with E-state index < -0.39 is 0 Å². The predicted octanol–water partition coefficient (Wildman–Crippen LogP) is 4.80. The first-order chi connectivity index (χ1) is 12.4. The highest BCUT2D eigenvalue weighted by Gasteiger charge is 2.19. The minimum Gasteiger partial charge on any atom is -0.492 e. The number of hydrogen-bond acceptors (Lipinski definition) is 4. The Kier molecular flexibility index (Phi) is 5.90. The van der Waals surface area contributed by atoms with Crippen LogP contribution in [-0.2, 0) is 12.8 Å². The maximum atomic E-state index is 6.07. The maximum Gasteiger partial charge on any atom is 0.133 e. The Bertz CT molecular complexity index is 694. The normalized spacial score (nSPS) is 16.5. The van der Waals surface area contributed by atoms with E-state index in [0.29, 0.717) is 6.04 Å². The van der Waals surface area contributed by atoms with Gasteiger partial charge in [0.25, 0.3) is 0 Å². The van der Waals surface area contributed by atoms with Crippen molar-refractivity contribution in [3.8, 4) is 5.75 Å². The molecule has 2 aromatic carbocycles. The number of benzene rings is 2. The fourth-order valence-electron chi connectivity index (χ4n) is 3.58. The Hall–Kier alpha value is -1.10. The van der Waals surface area contributed by atoms with Crippen LogP contribution >= 0.6 is 23.5 Å². The van der Waals surface area contributed by atoms with Crippen LogP contribution < -0.4 is 10.1 Å². The summed E-state index contributed by atoms with van der Waals surface area (Å²) in [6.07, 6.45) is 4.63. The van der Waals surface area contributed by atoms with Gasteiger partial charge in [0.15, 0.2) is 0 Å². The number of hydrogen-bond donors (Lipinski definition) is 1. The van der Waals surface area contributed by atoms with E-state index in [9.17, 15) is 0 Å². The van der Waals surface area contributed by atoms with Crippen molar-refractivity contribution < 1.29 is 4.74 Å². The molecule has 0 fully saturated rings. The average molecular weight is 372 g/mol. The van der Waals surface area contributed by atoms with E-state index in [1.165, 1.54) is 51.7 Å². The number of unbranched alkanes of at least 4 members (excludes halogenated alkanes) is 1. The van der Waals surface area contributed by atoms with Crippen molar-refractivity contribution in [3.05, 3.63) is 53.6 Å². The SMILES string of the molecule is c1ccc2c(c1)CC(NCCCCOc1cccc3c1SCCS3)C2. The lowest BCUT2D eigenvalue weighted by molar-refractivity contribution is 0.296. The van der Waals surface area contributed by atoms with E-state index in [0.717, 1.165) is 25.3 Å². The second-order valence-corrected chi connectivity index (χ2v) is 8.91. The largest absolute Gasteiger partial charge is 0.492 e. The van der Waals surface area contributed by atoms with Crippen LogP contribution in [0.15, 0.2) is 52.3 Å². The van der Waals surface area contributed by atoms with Gasteiger partial charge in [0, 0.05) is 22.4 Å². The molecule has 1 aliphatic carbocycles. The standard InChI is InChI=1S/C21H25NOS2/c1-2-7-17-15-18(14-16(17)6-1)22-10-3-4-11-23-19-8-5-9-20-21(19)25-13-12-24-20/h1-2,5-9,18,22H,3-4,10-15H2. The second-order valence-electron chi connectivity index (χ2n) is 6.66. The fourth-order valence-corrected chi connectivity index (χ4v) is 5.91. The summed E-state index contributed by atoms with van der Waals surface area (Å²) in [6, 6.07) is 15.9. The van der Waals surface area contributed by atoms with Crippen molar-refractivity contribution in [3.63, 3.8) is 0 Å². The Morgan fingerprint density at radius 3 is 2.56 bits per heavy atom. The van der Waals surface area contributed by atoms with Gasteiger partial charge in [0.2, 0.25) is 0 Å². The molecule has 1 heterocycles. The lowest BCUT2D eigenvalue weighted by Crippen LogP contribution is -2.30. The van der Waals surface area contributed by atoms with Crippen molar-refractivity contribution >= 4 is 23.5 Å². The molecule has 0 bridgehead atoms. The molecular formula is C21H25NOS2. The lowest BCUT2D eigenvalue weighted by atomic mass is 10.1. The van der Waals surface area contributed by atoms with Crippen LogP contribution in [0.4, 0.5) is 0 Å². The fraction of sp³-hybridized carbons (Fsp3) is 0.429. The zero-order valence-electron chi connectivity index (χ0n) is 14.5. The van der Waals surface area contributed by atoms with Gasteiger partial charge in [0.1, 0.15) is 5.75 Å². The lowest BCUT2D eigenvalue weighted by Gasteiger charge is -2.18. The molecule has 2 aliphatic rings. The molecule has 1 N–H and O–H groups in total. The monoisotopic (exact) mass is 371 g/mol. The van der Waals surface area contributed by atoms with Crippen LogP contribution in [-0.4, -0.2) is 30.7 Å². The van der Waals surface area contributed by atoms with Gasteiger partial charge in [-0.1, -0.05) is 30.3 Å². The summed E-state index contributed by atoms with van der Waals surface area (Å²) >= 11 is 3.88. The second kappa shape index (κ2) is 8.52. The van der Waals surface area contributed by atoms with E-state index in [1.807, 2.05) is 23.5 Å². The molecule has 132 valence electrons. The number of nitrogens with one attached hydrogen (secondary N) is 1. The molecule has 0 radical (unpaired) electrons. The molecule has 0 aromatic heterocycles. The molecular weight excluding hydrogens is 346 g/mol. The van der Waals surface area contributed by atoms with Crippen LogP contribution in [0.3, 0.4) is 0 Å². The van der Waals surface area contributed by atoms with E-state index in [2.05, 4.69) is 47.8 Å². The van der Waals surface area contributed by atoms with Gasteiger partial charge in [-0.3, -0.25) is 0 Å². The Balaban J connectivity index is 1.15. The third-order valence-electron chi connectivity index (χ3n) is 4.84. The molecule has 0 unspecified atom stereocenters. The third kappa shape index (κ3) is 4.36. The van der Waals surface area contributed by atoms with Crippen LogP contribution in [0.5, 0.6) is 5.75 Å². The minimum absolute atomic E-state index is 0.618. The zero-order chi connectivity index (χ0) is 16.9. The van der Waals surface area contributed by atoms with Gasteiger partial charge in [0.05, 0.1) is 11.5 Å². The Morgan fingerprint density at radius 1 is 0.920 bits per heavy atom. The summed E-state index contributed by atoms with van der Waals surface area (Å²) in [4.78, 5) is 2.73. The third-order valence-corrected chi connectivity index (χ3v) is 7.41. The molecule has 2 nitrogen and oxygen atoms in total. The summed E-state index contributed by atoms with van der Waals surface area (Å²) in [7, 11) is 0. The number of thioether (sulfide) groups is 2. The van der Waals surface area contributed by atoms with Crippen molar-refractivity contribution in [2.45, 2.75) is 41.5 Å². The van der Waals surface area contributed by atoms with Crippen molar-refractivity contribution in [1.82, 2.24) is 5.32 Å². The highest BCUT2D eigenvalue weighted by Crippen LogP contribution is 2.42. The van der Waals surface area contributed by atoms with Crippen molar-refractivity contribution in [2.24, 2.45) is 0 Å². The van der Waals surface area contributed by atoms with Gasteiger partial charge in [-0.05, 0) is 55.5 Å². The van der Waals surface area contributed by atoms with Crippen molar-refractivity contribution in [1.29, 1.82) is 0 Å². The molecule has 25 heavy (non-hydrogen) atoms. The van der Waals surface area contributed by atoms with Crippen molar-refractivity contribution in [2.75, 3.05) is 24.7 Å². The number of rotatable bonds is 7. The molecule has 2 aromatic rings. The first-order valence-corrected chi connectivity index (χ1v) is 11.2. The molecule has 4 rings (SSSR count). The minimum atomic E-state index is 0.618. The summed E-state index contributed by atoms with van der Waals surface area (Å²) in [5, 5.41) is 3.71. The summed E-state index contributed by atoms with van der Waals surface area (Å²) < 4.78 is 6.07. The number of ether oxygens (including phenoxy) is 1. The molecule has 0 amide bonds. The van der Waals surface area contributed by atoms with E-state index >= 15 is 0 Å². The number of fused-ring (bicyclic) bond motifs is 2. The van der Waals surface area contributed by atoms with E-state index in [-0.39, 0.29) is 0 Å². The highest BCUT2D eigenvalue weighted by molar-refractivity contribution is 8.05. The Labute approximate surface area is 159 Å².